The van der Waals surface area contributed by atoms with Crippen LogP contribution in [-0.4, -0.2) is 5.92 Å². The van der Waals surface area contributed by atoms with Gasteiger partial charge in [0.05, 0.1) is 0 Å². The van der Waals surface area contributed by atoms with E-state index in [0.717, 1.165) is 19.3 Å². The summed E-state index contributed by atoms with van der Waals surface area (Å²) in [5.41, 5.74) is 0.396. The lowest BCUT2D eigenvalue weighted by Crippen LogP contribution is -2.60. The summed E-state index contributed by atoms with van der Waals surface area (Å²) >= 11 is 0. The Bertz CT molecular complexity index is 473. The fourth-order valence-corrected chi connectivity index (χ4v) is 7.97. The van der Waals surface area contributed by atoms with Gasteiger partial charge in [-0.25, -0.2) is 8.78 Å². The summed E-state index contributed by atoms with van der Waals surface area (Å²) in [5.74, 6) is -1.22. The van der Waals surface area contributed by atoms with E-state index in [-0.39, 0.29) is 40.9 Å². The summed E-state index contributed by atoms with van der Waals surface area (Å²) in [5, 5.41) is 0. The van der Waals surface area contributed by atoms with Gasteiger partial charge < -0.3 is 0 Å². The zero-order valence-electron chi connectivity index (χ0n) is 17.2. The van der Waals surface area contributed by atoms with Crippen molar-refractivity contribution in [2.45, 2.75) is 105 Å². The highest BCUT2D eigenvalue weighted by molar-refractivity contribution is 5.12. The minimum absolute atomic E-state index is 0.189. The van der Waals surface area contributed by atoms with Gasteiger partial charge in [-0.2, -0.15) is 0 Å². The van der Waals surface area contributed by atoms with E-state index in [4.69, 9.17) is 0 Å². The van der Waals surface area contributed by atoms with Crippen molar-refractivity contribution >= 4 is 0 Å². The van der Waals surface area contributed by atoms with Gasteiger partial charge in [-0.05, 0) is 73.0 Å². The minimum atomic E-state index is -2.42. The molecule has 0 amide bonds. The molecule has 4 rings (SSSR count). The number of alkyl halides is 2. The third-order valence-electron chi connectivity index (χ3n) is 9.26. The lowest BCUT2D eigenvalue weighted by molar-refractivity contribution is -0.231. The summed E-state index contributed by atoms with van der Waals surface area (Å²) in [6.07, 6.45) is 10.6. The molecule has 4 fully saturated rings. The Morgan fingerprint density at radius 3 is 2.20 bits per heavy atom. The largest absolute Gasteiger partial charge is 0.251 e. The zero-order valence-corrected chi connectivity index (χ0v) is 17.2. The van der Waals surface area contributed by atoms with Gasteiger partial charge in [0.1, 0.15) is 0 Å². The summed E-state index contributed by atoms with van der Waals surface area (Å²) in [7, 11) is 0. The van der Waals surface area contributed by atoms with E-state index in [9.17, 15) is 0 Å². The highest BCUT2D eigenvalue weighted by Gasteiger charge is 2.67. The molecular weight excluding hydrogens is 314 g/mol. The maximum atomic E-state index is 15.3. The van der Waals surface area contributed by atoms with Gasteiger partial charge in [0, 0.05) is 12.3 Å². The molecule has 7 atom stereocenters. The van der Waals surface area contributed by atoms with Crippen LogP contribution < -0.4 is 0 Å². The van der Waals surface area contributed by atoms with E-state index < -0.39 is 5.92 Å². The van der Waals surface area contributed by atoms with Crippen LogP contribution in [0.4, 0.5) is 8.78 Å². The molecule has 0 N–H and O–H groups in total. The van der Waals surface area contributed by atoms with E-state index in [1.165, 1.54) is 38.5 Å². The Morgan fingerprint density at radius 2 is 1.52 bits per heavy atom. The zero-order chi connectivity index (χ0) is 18.5. The highest BCUT2D eigenvalue weighted by atomic mass is 19.3. The van der Waals surface area contributed by atoms with Gasteiger partial charge in [0.15, 0.2) is 0 Å². The predicted octanol–water partition coefficient (Wildman–Crippen LogP) is 7.72. The van der Waals surface area contributed by atoms with Crippen molar-refractivity contribution in [2.75, 3.05) is 0 Å². The molecule has 0 aliphatic heterocycles. The summed E-state index contributed by atoms with van der Waals surface area (Å²) < 4.78 is 30.6. The fraction of sp³-hybridized carbons (Fsp3) is 1.00. The van der Waals surface area contributed by atoms with Crippen LogP contribution in [0.3, 0.4) is 0 Å². The van der Waals surface area contributed by atoms with E-state index in [0.29, 0.717) is 5.92 Å². The third-order valence-corrected chi connectivity index (χ3v) is 9.26. The average molecular weight is 355 g/mol. The number of rotatable bonds is 1. The van der Waals surface area contributed by atoms with Crippen molar-refractivity contribution in [3.05, 3.63) is 0 Å². The van der Waals surface area contributed by atoms with Crippen molar-refractivity contribution in [1.29, 1.82) is 0 Å². The predicted molar refractivity (Wildman–Crippen MR) is 102 cm³/mol. The Balaban J connectivity index is 0.000000880. The number of hydrogen-bond acceptors (Lipinski definition) is 0. The molecule has 0 aromatic carbocycles. The monoisotopic (exact) mass is 354 g/mol. The molecule has 25 heavy (non-hydrogen) atoms. The Hall–Kier alpha value is -0.140. The first-order valence-electron chi connectivity index (χ1n) is 11.2. The molecule has 0 saturated heterocycles. The number of fused-ring (bicyclic) bond motifs is 5. The summed E-state index contributed by atoms with van der Waals surface area (Å²) in [6, 6.07) is 0. The van der Waals surface area contributed by atoms with E-state index in [1.54, 1.807) is 0 Å². The van der Waals surface area contributed by atoms with Crippen molar-refractivity contribution in [1.82, 2.24) is 0 Å². The first-order chi connectivity index (χ1) is 11.8. The van der Waals surface area contributed by atoms with Crippen LogP contribution in [0, 0.1) is 40.4 Å². The smallest absolute Gasteiger partial charge is 0.207 e. The lowest BCUT2D eigenvalue weighted by atomic mass is 9.44. The Kier molecular flexibility index (Phi) is 5.33. The molecule has 146 valence electrons. The summed E-state index contributed by atoms with van der Waals surface area (Å²) in [4.78, 5) is 0. The van der Waals surface area contributed by atoms with Gasteiger partial charge in [-0.15, -0.1) is 0 Å². The van der Waals surface area contributed by atoms with Crippen LogP contribution >= 0.6 is 0 Å². The second-order valence-electron chi connectivity index (χ2n) is 9.88. The van der Waals surface area contributed by atoms with Crippen molar-refractivity contribution < 1.29 is 8.78 Å². The van der Waals surface area contributed by atoms with Crippen molar-refractivity contribution in [2.24, 2.45) is 40.4 Å². The first-order valence-corrected chi connectivity index (χ1v) is 11.2. The molecule has 4 aliphatic rings. The molecule has 0 bridgehead atoms. The van der Waals surface area contributed by atoms with Crippen LogP contribution in [0.25, 0.3) is 0 Å². The molecule has 0 aromatic rings. The van der Waals surface area contributed by atoms with E-state index in [2.05, 4.69) is 20.8 Å². The van der Waals surface area contributed by atoms with Crippen molar-refractivity contribution in [3.63, 3.8) is 0 Å². The molecule has 0 heterocycles. The van der Waals surface area contributed by atoms with Gasteiger partial charge in [-0.3, -0.25) is 0 Å². The lowest BCUT2D eigenvalue weighted by Gasteiger charge is -2.62. The molecule has 4 aliphatic carbocycles. The highest BCUT2D eigenvalue weighted by Crippen LogP contribution is 2.70. The maximum Gasteiger partial charge on any atom is 0.251 e. The molecule has 7 unspecified atom stereocenters. The molecule has 2 heteroatoms. The second-order valence-corrected chi connectivity index (χ2v) is 9.88. The topological polar surface area (TPSA) is 0 Å². The molecule has 4 saturated carbocycles. The second kappa shape index (κ2) is 6.79. The standard InChI is InChI=1S/C21H34F2.C2H6/c1-4-14-8-9-16-18-17(10-12-20(14,16)3)19(2)11-6-5-7-15(19)13-21(18,22)23;1-2/h14-18H,4-13H2,1-3H3;1-2H3. The van der Waals surface area contributed by atoms with Crippen LogP contribution in [0.15, 0.2) is 0 Å². The van der Waals surface area contributed by atoms with Crippen LogP contribution in [0.2, 0.25) is 0 Å². The molecule has 0 radical (unpaired) electrons. The van der Waals surface area contributed by atoms with E-state index in [1.807, 2.05) is 13.8 Å². The Morgan fingerprint density at radius 1 is 0.840 bits per heavy atom. The Labute approximate surface area is 154 Å². The summed E-state index contributed by atoms with van der Waals surface area (Å²) in [6.45, 7) is 11.0. The third kappa shape index (κ3) is 2.80. The van der Waals surface area contributed by atoms with Crippen molar-refractivity contribution in [3.8, 4) is 0 Å². The molecule has 0 nitrogen and oxygen atoms in total. The van der Waals surface area contributed by atoms with Crippen LogP contribution in [0.1, 0.15) is 98.8 Å². The minimum Gasteiger partial charge on any atom is -0.207 e. The van der Waals surface area contributed by atoms with Gasteiger partial charge >= 0.3 is 0 Å². The maximum absolute atomic E-state index is 15.3. The van der Waals surface area contributed by atoms with Crippen LogP contribution in [0.5, 0.6) is 0 Å². The van der Waals surface area contributed by atoms with Crippen LogP contribution in [-0.2, 0) is 0 Å². The molecule has 0 aromatic heterocycles. The number of halogens is 2. The molecular formula is C23H40F2. The quantitative estimate of drug-likeness (QED) is 0.452. The fourth-order valence-electron chi connectivity index (χ4n) is 7.97. The SMILES string of the molecule is CC.CCC1CCC2C3C(CCC12C)C1(C)CCCCC1CC3(F)F. The number of hydrogen-bond donors (Lipinski definition) is 0. The van der Waals surface area contributed by atoms with Gasteiger partial charge in [-0.1, -0.05) is 53.9 Å². The molecule has 0 spiro atoms. The average Bonchev–Trinajstić information content (AvgIpc) is 2.93. The normalized spacial score (nSPS) is 50.8. The van der Waals surface area contributed by atoms with Gasteiger partial charge in [0.2, 0.25) is 0 Å². The van der Waals surface area contributed by atoms with Gasteiger partial charge in [0.25, 0.3) is 5.92 Å². The first kappa shape index (κ1) is 19.6. The van der Waals surface area contributed by atoms with E-state index >= 15 is 8.78 Å².